The van der Waals surface area contributed by atoms with E-state index in [4.69, 9.17) is 0 Å². The summed E-state index contributed by atoms with van der Waals surface area (Å²) in [5, 5.41) is 27.2. The molecule has 0 aliphatic carbocycles. The highest BCUT2D eigenvalue weighted by Gasteiger charge is 2.28. The number of carboxylic acid groups (broad SMARTS) is 1. The average Bonchev–Trinajstić information content (AvgIpc) is 3.20. The summed E-state index contributed by atoms with van der Waals surface area (Å²) < 4.78 is 2.74. The second-order valence-corrected chi connectivity index (χ2v) is 8.65. The first-order valence-electron chi connectivity index (χ1n) is 11.7. The summed E-state index contributed by atoms with van der Waals surface area (Å²) in [6, 6.07) is 24.0. The van der Waals surface area contributed by atoms with E-state index in [0.29, 0.717) is 28.5 Å². The number of fused-ring (bicyclic) bond motifs is 3. The van der Waals surface area contributed by atoms with E-state index in [2.05, 4.69) is 5.10 Å². The van der Waals surface area contributed by atoms with Crippen LogP contribution in [0.25, 0.3) is 27.5 Å². The van der Waals surface area contributed by atoms with E-state index in [9.17, 15) is 19.8 Å². The van der Waals surface area contributed by atoms with Gasteiger partial charge in [-0.3, -0.25) is 9.59 Å². The molecule has 0 saturated heterocycles. The molecule has 2 aromatic heterocycles. The van der Waals surface area contributed by atoms with Gasteiger partial charge in [0.15, 0.2) is 6.23 Å². The van der Waals surface area contributed by atoms with Crippen molar-refractivity contribution in [2.45, 2.75) is 26.6 Å². The van der Waals surface area contributed by atoms with E-state index in [0.717, 1.165) is 11.3 Å². The van der Waals surface area contributed by atoms with Gasteiger partial charge in [-0.05, 0) is 44.2 Å². The van der Waals surface area contributed by atoms with Crippen molar-refractivity contribution in [3.8, 4) is 5.69 Å². The van der Waals surface area contributed by atoms with Crippen molar-refractivity contribution < 1.29 is 15.0 Å². The number of rotatable bonds is 7. The molecular formula is C28H26N4O4. The van der Waals surface area contributed by atoms with Gasteiger partial charge in [-0.2, -0.15) is 9.78 Å². The van der Waals surface area contributed by atoms with Crippen LogP contribution in [0.5, 0.6) is 0 Å². The van der Waals surface area contributed by atoms with Crippen LogP contribution in [-0.4, -0.2) is 37.1 Å². The molecule has 0 spiro atoms. The number of aliphatic hydroxyl groups is 1. The number of aliphatic carboxylic acids is 1. The standard InChI is InChI=1S/C28H26N4O4/c1-3-30(19-9-5-4-6-10-19)27(35)25-24-21-11-7-8-12-22(21)31(17-23(33)34)26(24)28(36)32(29-25)20-15-13-18(2)14-16-20/h4-16,27,35H,3,17H2,1-2H3,(H,33,34). The van der Waals surface area contributed by atoms with Crippen LogP contribution in [0.15, 0.2) is 83.7 Å². The third-order valence-corrected chi connectivity index (χ3v) is 6.37. The Labute approximate surface area is 207 Å². The van der Waals surface area contributed by atoms with E-state index in [-0.39, 0.29) is 11.2 Å². The van der Waals surface area contributed by atoms with Crippen LogP contribution in [0.4, 0.5) is 5.69 Å². The number of hydrogen-bond donors (Lipinski definition) is 2. The van der Waals surface area contributed by atoms with Crippen LogP contribution in [0.1, 0.15) is 24.4 Å². The Balaban J connectivity index is 1.88. The monoisotopic (exact) mass is 482 g/mol. The van der Waals surface area contributed by atoms with Gasteiger partial charge < -0.3 is 19.7 Å². The van der Waals surface area contributed by atoms with Crippen LogP contribution < -0.4 is 10.5 Å². The molecule has 5 aromatic rings. The molecule has 2 heterocycles. The van der Waals surface area contributed by atoms with Gasteiger partial charge >= 0.3 is 5.97 Å². The molecule has 0 saturated carbocycles. The fourth-order valence-corrected chi connectivity index (χ4v) is 4.69. The summed E-state index contributed by atoms with van der Waals surface area (Å²) in [6.45, 7) is 3.95. The first kappa shape index (κ1) is 23.3. The first-order chi connectivity index (χ1) is 17.4. The van der Waals surface area contributed by atoms with Crippen molar-refractivity contribution in [2.75, 3.05) is 11.4 Å². The maximum Gasteiger partial charge on any atom is 0.323 e. The molecule has 0 bridgehead atoms. The highest BCUT2D eigenvalue weighted by Crippen LogP contribution is 2.34. The fraction of sp³-hybridized carbons (Fsp3) is 0.179. The summed E-state index contributed by atoms with van der Waals surface area (Å²) in [5.41, 5.74) is 2.94. The molecule has 2 N–H and O–H groups in total. The van der Waals surface area contributed by atoms with Crippen LogP contribution >= 0.6 is 0 Å². The van der Waals surface area contributed by atoms with Gasteiger partial charge in [0.1, 0.15) is 17.8 Å². The van der Waals surface area contributed by atoms with Crippen molar-refractivity contribution >= 4 is 33.5 Å². The number of aliphatic hydroxyl groups excluding tert-OH is 1. The molecule has 36 heavy (non-hydrogen) atoms. The molecule has 8 heteroatoms. The van der Waals surface area contributed by atoms with Crippen LogP contribution in [0, 0.1) is 6.92 Å². The summed E-state index contributed by atoms with van der Waals surface area (Å²) in [4.78, 5) is 27.5. The number of anilines is 1. The lowest BCUT2D eigenvalue weighted by Gasteiger charge is -2.29. The number of nitrogens with zero attached hydrogens (tertiary/aromatic N) is 4. The predicted molar refractivity (Wildman–Crippen MR) is 140 cm³/mol. The first-order valence-corrected chi connectivity index (χ1v) is 11.7. The lowest BCUT2D eigenvalue weighted by molar-refractivity contribution is -0.137. The number of aromatic nitrogens is 3. The zero-order chi connectivity index (χ0) is 25.4. The Kier molecular flexibility index (Phi) is 6.03. The molecule has 5 rings (SSSR count). The van der Waals surface area contributed by atoms with Gasteiger partial charge in [-0.25, -0.2) is 0 Å². The molecule has 182 valence electrons. The Morgan fingerprint density at radius 2 is 1.67 bits per heavy atom. The minimum atomic E-state index is -1.19. The highest BCUT2D eigenvalue weighted by molar-refractivity contribution is 6.09. The van der Waals surface area contributed by atoms with Crippen LogP contribution in [0.2, 0.25) is 0 Å². The largest absolute Gasteiger partial charge is 0.480 e. The van der Waals surface area contributed by atoms with Gasteiger partial charge in [0.25, 0.3) is 5.56 Å². The number of carbonyl (C=O) groups is 1. The number of carboxylic acids is 1. The molecular weight excluding hydrogens is 456 g/mol. The lowest BCUT2D eigenvalue weighted by atomic mass is 10.1. The zero-order valence-electron chi connectivity index (χ0n) is 20.0. The maximum absolute atomic E-state index is 13.9. The Morgan fingerprint density at radius 1 is 1.00 bits per heavy atom. The molecule has 0 fully saturated rings. The van der Waals surface area contributed by atoms with E-state index in [1.165, 1.54) is 9.25 Å². The third-order valence-electron chi connectivity index (χ3n) is 6.37. The molecule has 0 amide bonds. The average molecular weight is 483 g/mol. The molecule has 1 unspecified atom stereocenters. The van der Waals surface area contributed by atoms with Crippen molar-refractivity contribution in [3.63, 3.8) is 0 Å². The van der Waals surface area contributed by atoms with E-state index >= 15 is 0 Å². The highest BCUT2D eigenvalue weighted by atomic mass is 16.4. The molecule has 0 aliphatic rings. The van der Waals surface area contributed by atoms with Crippen molar-refractivity contribution in [1.29, 1.82) is 0 Å². The number of aryl methyl sites for hydroxylation is 1. The number of hydrogen-bond acceptors (Lipinski definition) is 5. The van der Waals surface area contributed by atoms with E-state index in [1.807, 2.05) is 68.4 Å². The van der Waals surface area contributed by atoms with Crippen LogP contribution in [0.3, 0.4) is 0 Å². The maximum atomic E-state index is 13.9. The van der Waals surface area contributed by atoms with Gasteiger partial charge in [-0.1, -0.05) is 54.1 Å². The van der Waals surface area contributed by atoms with Gasteiger partial charge in [0, 0.05) is 28.5 Å². The second-order valence-electron chi connectivity index (χ2n) is 8.65. The fourth-order valence-electron chi connectivity index (χ4n) is 4.69. The summed E-state index contributed by atoms with van der Waals surface area (Å²) in [6.07, 6.45) is -1.19. The second kappa shape index (κ2) is 9.31. The normalized spacial score (nSPS) is 12.2. The molecule has 1 atom stereocenters. The summed E-state index contributed by atoms with van der Waals surface area (Å²) in [7, 11) is 0. The van der Waals surface area contributed by atoms with Crippen molar-refractivity contribution in [3.05, 3.63) is 100 Å². The van der Waals surface area contributed by atoms with Gasteiger partial charge in [0.2, 0.25) is 0 Å². The van der Waals surface area contributed by atoms with Gasteiger partial charge in [0.05, 0.1) is 5.69 Å². The van der Waals surface area contributed by atoms with Gasteiger partial charge in [-0.15, -0.1) is 0 Å². The predicted octanol–water partition coefficient (Wildman–Crippen LogP) is 4.25. The quantitative estimate of drug-likeness (QED) is 0.337. The van der Waals surface area contributed by atoms with E-state index in [1.54, 1.807) is 29.2 Å². The molecule has 8 nitrogen and oxygen atoms in total. The molecule has 0 radical (unpaired) electrons. The Morgan fingerprint density at radius 3 is 2.33 bits per heavy atom. The SMILES string of the molecule is CCN(c1ccccc1)C(O)c1nn(-c2ccc(C)cc2)c(=O)c2c1c1ccccc1n2CC(=O)O. The van der Waals surface area contributed by atoms with Crippen molar-refractivity contribution in [1.82, 2.24) is 14.3 Å². The molecule has 0 aliphatic heterocycles. The Hall–Kier alpha value is -4.43. The zero-order valence-corrected chi connectivity index (χ0v) is 20.0. The summed E-state index contributed by atoms with van der Waals surface area (Å²) >= 11 is 0. The topological polar surface area (TPSA) is 101 Å². The minimum absolute atomic E-state index is 0.187. The Bertz CT molecular complexity index is 1620. The minimum Gasteiger partial charge on any atom is -0.480 e. The molecule has 3 aromatic carbocycles. The lowest BCUT2D eigenvalue weighted by Crippen LogP contribution is -2.32. The summed E-state index contributed by atoms with van der Waals surface area (Å²) in [5.74, 6) is -1.07. The number of para-hydroxylation sites is 2. The smallest absolute Gasteiger partial charge is 0.323 e. The number of benzene rings is 3. The van der Waals surface area contributed by atoms with E-state index < -0.39 is 24.3 Å². The van der Waals surface area contributed by atoms with Crippen LogP contribution in [-0.2, 0) is 11.3 Å². The third kappa shape index (κ3) is 3.91. The van der Waals surface area contributed by atoms with Crippen molar-refractivity contribution in [2.24, 2.45) is 0 Å².